The van der Waals surface area contributed by atoms with Crippen molar-refractivity contribution in [3.8, 4) is 0 Å². The van der Waals surface area contributed by atoms with E-state index in [-0.39, 0.29) is 11.8 Å². The van der Waals surface area contributed by atoms with Gasteiger partial charge >= 0.3 is 0 Å². The largest absolute Gasteiger partial charge is 0.351 e. The second-order valence-corrected chi connectivity index (χ2v) is 6.03. The molecule has 0 unspecified atom stereocenters. The number of nitrogens with zero attached hydrogens (tertiary/aromatic N) is 1. The van der Waals surface area contributed by atoms with Crippen molar-refractivity contribution in [2.24, 2.45) is 0 Å². The Morgan fingerprint density at radius 3 is 2.46 bits per heavy atom. The summed E-state index contributed by atoms with van der Waals surface area (Å²) in [7, 11) is 0. The zero-order valence-corrected chi connectivity index (χ0v) is 13.9. The predicted octanol–water partition coefficient (Wildman–Crippen LogP) is 3.21. The maximum absolute atomic E-state index is 12.5. The Balaban J connectivity index is 1.67. The average Bonchev–Trinajstić information content (AvgIpc) is 2.83. The van der Waals surface area contributed by atoms with Gasteiger partial charge in [-0.05, 0) is 37.5 Å². The normalized spacial score (nSPS) is 14.1. The Kier molecular flexibility index (Phi) is 4.47. The molecule has 0 aliphatic carbocycles. The molecule has 0 spiro atoms. The highest BCUT2D eigenvalue weighted by molar-refractivity contribution is 6.17. The summed E-state index contributed by atoms with van der Waals surface area (Å²) in [6, 6.07) is 15.8. The fraction of sp³-hybridized carbons (Fsp3) is 0.200. The molecule has 0 saturated carbocycles. The minimum Gasteiger partial charge on any atom is -0.351 e. The van der Waals surface area contributed by atoms with Crippen LogP contribution < -0.4 is 5.32 Å². The molecule has 4 nitrogen and oxygen atoms in total. The maximum atomic E-state index is 12.5. The van der Waals surface area contributed by atoms with Crippen LogP contribution in [0.3, 0.4) is 0 Å². The fourth-order valence-corrected chi connectivity index (χ4v) is 2.79. The number of hydrogen-bond donors (Lipinski definition) is 1. The molecule has 2 aromatic carbocycles. The molecule has 24 heavy (non-hydrogen) atoms. The summed E-state index contributed by atoms with van der Waals surface area (Å²) >= 11 is 0. The van der Waals surface area contributed by atoms with Crippen molar-refractivity contribution in [2.45, 2.75) is 20.3 Å². The van der Waals surface area contributed by atoms with Crippen molar-refractivity contribution in [1.82, 2.24) is 4.90 Å². The number of carbonyl (C=O) groups is 2. The summed E-state index contributed by atoms with van der Waals surface area (Å²) in [5.74, 6) is -0.529. The van der Waals surface area contributed by atoms with E-state index in [0.717, 1.165) is 22.4 Å². The van der Waals surface area contributed by atoms with Crippen LogP contribution in [-0.4, -0.2) is 23.3 Å². The second kappa shape index (κ2) is 6.71. The molecule has 1 heterocycles. The molecule has 2 amide bonds. The molecule has 0 saturated heterocycles. The summed E-state index contributed by atoms with van der Waals surface area (Å²) < 4.78 is 0. The van der Waals surface area contributed by atoms with Crippen molar-refractivity contribution in [3.63, 3.8) is 0 Å². The van der Waals surface area contributed by atoms with Gasteiger partial charge in [-0.15, -0.1) is 0 Å². The Bertz CT molecular complexity index is 810. The van der Waals surface area contributed by atoms with Crippen LogP contribution in [0.15, 0.2) is 60.3 Å². The molecular weight excluding hydrogens is 300 g/mol. The molecule has 0 aromatic heterocycles. The first kappa shape index (κ1) is 16.0. The number of hydrogen-bond acceptors (Lipinski definition) is 3. The van der Waals surface area contributed by atoms with Crippen LogP contribution in [0.25, 0.3) is 0 Å². The van der Waals surface area contributed by atoms with E-state index in [0.29, 0.717) is 18.7 Å². The number of nitrogens with one attached hydrogen (secondary N) is 1. The number of aryl methyl sites for hydroxylation is 2. The number of amides is 2. The third kappa shape index (κ3) is 3.38. The van der Waals surface area contributed by atoms with Crippen LogP contribution in [0.4, 0.5) is 5.69 Å². The van der Waals surface area contributed by atoms with Crippen LogP contribution in [0.2, 0.25) is 0 Å². The van der Waals surface area contributed by atoms with E-state index in [1.165, 1.54) is 11.0 Å². The van der Waals surface area contributed by atoms with Gasteiger partial charge in [0.2, 0.25) is 0 Å². The molecule has 0 atom stereocenters. The summed E-state index contributed by atoms with van der Waals surface area (Å²) in [4.78, 5) is 25.9. The van der Waals surface area contributed by atoms with E-state index in [1.807, 2.05) is 62.4 Å². The molecule has 4 heteroatoms. The van der Waals surface area contributed by atoms with Gasteiger partial charge in [-0.2, -0.15) is 0 Å². The smallest absolute Gasteiger partial charge is 0.277 e. The highest BCUT2D eigenvalue weighted by Gasteiger charge is 2.30. The fourth-order valence-electron chi connectivity index (χ4n) is 2.79. The number of benzene rings is 2. The second-order valence-electron chi connectivity index (χ2n) is 6.03. The van der Waals surface area contributed by atoms with Gasteiger partial charge in [0.1, 0.15) is 5.70 Å². The molecule has 0 radical (unpaired) electrons. The summed E-state index contributed by atoms with van der Waals surface area (Å²) in [6.45, 7) is 4.38. The van der Waals surface area contributed by atoms with Gasteiger partial charge in [0.15, 0.2) is 0 Å². The van der Waals surface area contributed by atoms with Gasteiger partial charge < -0.3 is 5.32 Å². The summed E-state index contributed by atoms with van der Waals surface area (Å²) in [5.41, 5.74) is 4.48. The molecule has 2 aromatic rings. The molecule has 1 aliphatic rings. The third-order valence-corrected chi connectivity index (χ3v) is 4.13. The molecule has 122 valence electrons. The van der Waals surface area contributed by atoms with Crippen LogP contribution in [0, 0.1) is 13.8 Å². The molecular formula is C20H20N2O2. The predicted molar refractivity (Wildman–Crippen MR) is 94.5 cm³/mol. The zero-order valence-electron chi connectivity index (χ0n) is 13.9. The Morgan fingerprint density at radius 2 is 1.75 bits per heavy atom. The number of imide groups is 1. The molecule has 1 aliphatic heterocycles. The zero-order chi connectivity index (χ0) is 17.1. The average molecular weight is 320 g/mol. The standard InChI is InChI=1S/C20H20N2O2/c1-14-8-9-17(15(2)12-14)21-18-13-19(23)22(20(18)24)11-10-16-6-4-3-5-7-16/h3-9,12-13,21H,10-11H2,1-2H3. The monoisotopic (exact) mass is 320 g/mol. The first-order valence-electron chi connectivity index (χ1n) is 8.00. The number of rotatable bonds is 5. The van der Waals surface area contributed by atoms with Gasteiger partial charge in [-0.1, -0.05) is 48.0 Å². The summed E-state index contributed by atoms with van der Waals surface area (Å²) in [6.07, 6.45) is 2.04. The Hall–Kier alpha value is -2.88. The van der Waals surface area contributed by atoms with Crippen LogP contribution >= 0.6 is 0 Å². The Labute approximate surface area is 141 Å². The van der Waals surface area contributed by atoms with Crippen LogP contribution in [-0.2, 0) is 16.0 Å². The van der Waals surface area contributed by atoms with E-state index >= 15 is 0 Å². The van der Waals surface area contributed by atoms with Crippen LogP contribution in [0.5, 0.6) is 0 Å². The van der Waals surface area contributed by atoms with E-state index in [9.17, 15) is 9.59 Å². The van der Waals surface area contributed by atoms with Gasteiger partial charge in [0.05, 0.1) is 0 Å². The molecule has 0 bridgehead atoms. The topological polar surface area (TPSA) is 49.4 Å². The van der Waals surface area contributed by atoms with Gasteiger partial charge in [0.25, 0.3) is 11.8 Å². The molecule has 1 N–H and O–H groups in total. The van der Waals surface area contributed by atoms with E-state index < -0.39 is 0 Å². The van der Waals surface area contributed by atoms with E-state index in [4.69, 9.17) is 0 Å². The molecule has 3 rings (SSSR count). The highest BCUT2D eigenvalue weighted by atomic mass is 16.2. The molecule has 0 fully saturated rings. The van der Waals surface area contributed by atoms with Gasteiger partial charge in [0, 0.05) is 18.3 Å². The SMILES string of the molecule is Cc1ccc(NC2=CC(=O)N(CCc3ccccc3)C2=O)c(C)c1. The quantitative estimate of drug-likeness (QED) is 0.861. The van der Waals surface area contributed by atoms with Gasteiger partial charge in [-0.3, -0.25) is 14.5 Å². The first-order chi connectivity index (χ1) is 11.5. The van der Waals surface area contributed by atoms with Crippen LogP contribution in [0.1, 0.15) is 16.7 Å². The lowest BCUT2D eigenvalue weighted by molar-refractivity contribution is -0.137. The summed E-state index contributed by atoms with van der Waals surface area (Å²) in [5, 5.41) is 3.09. The lowest BCUT2D eigenvalue weighted by Gasteiger charge is -2.16. The maximum Gasteiger partial charge on any atom is 0.277 e. The highest BCUT2D eigenvalue weighted by Crippen LogP contribution is 2.21. The number of carbonyl (C=O) groups excluding carboxylic acids is 2. The minimum absolute atomic E-state index is 0.261. The van der Waals surface area contributed by atoms with E-state index in [2.05, 4.69) is 5.32 Å². The third-order valence-electron chi connectivity index (χ3n) is 4.13. The first-order valence-corrected chi connectivity index (χ1v) is 8.00. The number of anilines is 1. The lowest BCUT2D eigenvalue weighted by atomic mass is 10.1. The van der Waals surface area contributed by atoms with Crippen molar-refractivity contribution < 1.29 is 9.59 Å². The van der Waals surface area contributed by atoms with Crippen molar-refractivity contribution in [2.75, 3.05) is 11.9 Å². The van der Waals surface area contributed by atoms with Crippen molar-refractivity contribution >= 4 is 17.5 Å². The van der Waals surface area contributed by atoms with Crippen molar-refractivity contribution in [1.29, 1.82) is 0 Å². The Morgan fingerprint density at radius 1 is 1.00 bits per heavy atom. The van der Waals surface area contributed by atoms with E-state index in [1.54, 1.807) is 0 Å². The van der Waals surface area contributed by atoms with Crippen molar-refractivity contribution in [3.05, 3.63) is 77.0 Å². The van der Waals surface area contributed by atoms with Gasteiger partial charge in [-0.25, -0.2) is 0 Å². The lowest BCUT2D eigenvalue weighted by Crippen LogP contribution is -2.33. The minimum atomic E-state index is -0.268.